The monoisotopic (exact) mass is 356 g/mol. The molecule has 0 saturated carbocycles. The molecule has 0 radical (unpaired) electrons. The van der Waals surface area contributed by atoms with E-state index in [2.05, 4.69) is 36.0 Å². The van der Waals surface area contributed by atoms with Gasteiger partial charge in [0.25, 0.3) is 0 Å². The predicted molar refractivity (Wildman–Crippen MR) is 101 cm³/mol. The topological polar surface area (TPSA) is 51.2 Å². The normalized spacial score (nSPS) is 11.7. The molecular formula is C19H21ClN4O. The third-order valence-electron chi connectivity index (χ3n) is 3.71. The van der Waals surface area contributed by atoms with Gasteiger partial charge in [-0.2, -0.15) is 0 Å². The van der Waals surface area contributed by atoms with Gasteiger partial charge in [-0.1, -0.05) is 44.5 Å². The lowest BCUT2D eigenvalue weighted by atomic mass is 10.1. The molecule has 1 aromatic carbocycles. The highest BCUT2D eigenvalue weighted by Crippen LogP contribution is 2.33. The van der Waals surface area contributed by atoms with Gasteiger partial charge in [-0.05, 0) is 36.6 Å². The number of para-hydroxylation sites is 1. The number of azo groups is 1. The molecule has 0 bridgehead atoms. The Hall–Kier alpha value is -2.40. The van der Waals surface area contributed by atoms with Crippen LogP contribution in [0.3, 0.4) is 0 Å². The quantitative estimate of drug-likeness (QED) is 0.485. The van der Waals surface area contributed by atoms with Gasteiger partial charge < -0.3 is 4.74 Å². The fourth-order valence-corrected chi connectivity index (χ4v) is 2.65. The van der Waals surface area contributed by atoms with Crippen LogP contribution < -0.4 is 4.74 Å². The van der Waals surface area contributed by atoms with Gasteiger partial charge in [-0.3, -0.25) is 4.40 Å². The molecule has 6 heteroatoms. The first-order chi connectivity index (χ1) is 12.1. The number of hydrogen-bond acceptors (Lipinski definition) is 4. The Bertz CT molecular complexity index is 902. The van der Waals surface area contributed by atoms with Crippen LogP contribution in [0.2, 0.25) is 5.02 Å². The largest absolute Gasteiger partial charge is 0.491 e. The van der Waals surface area contributed by atoms with Gasteiger partial charge in [0, 0.05) is 6.20 Å². The van der Waals surface area contributed by atoms with Crippen LogP contribution in [0.1, 0.15) is 38.8 Å². The van der Waals surface area contributed by atoms with E-state index in [0.717, 1.165) is 23.5 Å². The number of nitrogens with zero attached hydrogens (tertiary/aromatic N) is 4. The van der Waals surface area contributed by atoms with E-state index in [9.17, 15) is 0 Å². The Kier molecular flexibility index (Phi) is 5.34. The Morgan fingerprint density at radius 2 is 1.96 bits per heavy atom. The summed E-state index contributed by atoms with van der Waals surface area (Å²) in [7, 11) is 0. The Morgan fingerprint density at radius 3 is 2.72 bits per heavy atom. The maximum Gasteiger partial charge on any atom is 0.183 e. The average molecular weight is 357 g/mol. The van der Waals surface area contributed by atoms with Crippen molar-refractivity contribution in [2.75, 3.05) is 6.61 Å². The molecule has 0 amide bonds. The van der Waals surface area contributed by atoms with Crippen LogP contribution in [-0.4, -0.2) is 16.0 Å². The van der Waals surface area contributed by atoms with E-state index >= 15 is 0 Å². The van der Waals surface area contributed by atoms with Crippen molar-refractivity contribution in [3.05, 3.63) is 53.3 Å². The summed E-state index contributed by atoms with van der Waals surface area (Å²) in [6.45, 7) is 6.89. The number of benzene rings is 1. The lowest BCUT2D eigenvalue weighted by Crippen LogP contribution is -1.94. The number of pyridine rings is 1. The van der Waals surface area contributed by atoms with E-state index in [1.807, 2.05) is 47.0 Å². The molecule has 25 heavy (non-hydrogen) atoms. The molecule has 0 aliphatic heterocycles. The molecule has 0 spiro atoms. The van der Waals surface area contributed by atoms with E-state index in [-0.39, 0.29) is 5.92 Å². The number of ether oxygens (including phenoxy) is 1. The molecule has 3 aromatic rings. The summed E-state index contributed by atoms with van der Waals surface area (Å²) in [6, 6.07) is 11.3. The van der Waals surface area contributed by atoms with Crippen molar-refractivity contribution in [2.45, 2.75) is 33.1 Å². The molecular weight excluding hydrogens is 336 g/mol. The number of imidazole rings is 1. The van der Waals surface area contributed by atoms with Crippen LogP contribution in [0, 0.1) is 0 Å². The molecule has 0 N–H and O–H groups in total. The molecule has 0 unspecified atom stereocenters. The van der Waals surface area contributed by atoms with Crippen molar-refractivity contribution >= 4 is 28.8 Å². The minimum Gasteiger partial charge on any atom is -0.491 e. The van der Waals surface area contributed by atoms with Gasteiger partial charge in [0.15, 0.2) is 5.82 Å². The van der Waals surface area contributed by atoms with Gasteiger partial charge in [0.05, 0.1) is 17.3 Å². The molecule has 0 aliphatic carbocycles. The SMILES string of the molecule is CCCOc1ccccc1N=Nc1c(C(C)C)nc2ccc(Cl)cn12. The van der Waals surface area contributed by atoms with Crippen molar-refractivity contribution in [1.29, 1.82) is 0 Å². The van der Waals surface area contributed by atoms with Crippen molar-refractivity contribution < 1.29 is 4.74 Å². The summed E-state index contributed by atoms with van der Waals surface area (Å²) >= 11 is 6.14. The maximum absolute atomic E-state index is 6.14. The zero-order valence-corrected chi connectivity index (χ0v) is 15.4. The fourth-order valence-electron chi connectivity index (χ4n) is 2.49. The number of halogens is 1. The molecule has 130 valence electrons. The highest BCUT2D eigenvalue weighted by molar-refractivity contribution is 6.30. The first-order valence-electron chi connectivity index (χ1n) is 8.41. The first-order valence-corrected chi connectivity index (χ1v) is 8.79. The summed E-state index contributed by atoms with van der Waals surface area (Å²) < 4.78 is 7.61. The zero-order chi connectivity index (χ0) is 17.8. The first kappa shape index (κ1) is 17.4. The molecule has 2 aromatic heterocycles. The van der Waals surface area contributed by atoms with Crippen LogP contribution in [0.25, 0.3) is 5.65 Å². The Balaban J connectivity index is 2.04. The Labute approximate surface area is 152 Å². The summed E-state index contributed by atoms with van der Waals surface area (Å²) in [5.41, 5.74) is 2.39. The van der Waals surface area contributed by atoms with Crippen LogP contribution in [0.4, 0.5) is 11.5 Å². The van der Waals surface area contributed by atoms with Crippen molar-refractivity contribution in [3.8, 4) is 5.75 Å². The standard InChI is InChI=1S/C19H21ClN4O/c1-4-11-25-16-8-6-5-7-15(16)22-23-19-18(13(2)3)21-17-10-9-14(20)12-24(17)19/h5-10,12-13H,4,11H2,1-3H3. The van der Waals surface area contributed by atoms with Gasteiger partial charge in [-0.15, -0.1) is 10.2 Å². The van der Waals surface area contributed by atoms with Crippen molar-refractivity contribution in [2.24, 2.45) is 10.2 Å². The van der Waals surface area contributed by atoms with Crippen LogP contribution >= 0.6 is 11.6 Å². The second-order valence-corrected chi connectivity index (χ2v) is 6.50. The van der Waals surface area contributed by atoms with Crippen LogP contribution in [0.5, 0.6) is 5.75 Å². The molecule has 5 nitrogen and oxygen atoms in total. The molecule has 0 aliphatic rings. The third-order valence-corrected chi connectivity index (χ3v) is 3.93. The predicted octanol–water partition coefficient (Wildman–Crippen LogP) is 6.32. The molecule has 0 fully saturated rings. The van der Waals surface area contributed by atoms with Gasteiger partial charge in [0.2, 0.25) is 0 Å². The van der Waals surface area contributed by atoms with Crippen molar-refractivity contribution in [1.82, 2.24) is 9.38 Å². The fraction of sp³-hybridized carbons (Fsp3) is 0.316. The minimum atomic E-state index is 0.221. The van der Waals surface area contributed by atoms with Gasteiger partial charge >= 0.3 is 0 Å². The summed E-state index contributed by atoms with van der Waals surface area (Å²) in [5.74, 6) is 1.64. The summed E-state index contributed by atoms with van der Waals surface area (Å²) in [5, 5.41) is 9.53. The lowest BCUT2D eigenvalue weighted by Gasteiger charge is -2.06. The number of hydrogen-bond donors (Lipinski definition) is 0. The zero-order valence-electron chi connectivity index (χ0n) is 14.6. The van der Waals surface area contributed by atoms with Gasteiger partial charge in [0.1, 0.15) is 17.1 Å². The lowest BCUT2D eigenvalue weighted by molar-refractivity contribution is 0.318. The molecule has 3 rings (SSSR count). The van der Waals surface area contributed by atoms with Crippen LogP contribution in [0.15, 0.2) is 52.8 Å². The van der Waals surface area contributed by atoms with E-state index in [0.29, 0.717) is 23.1 Å². The van der Waals surface area contributed by atoms with E-state index in [4.69, 9.17) is 16.3 Å². The average Bonchev–Trinajstić information content (AvgIpc) is 2.97. The third kappa shape index (κ3) is 3.82. The molecule has 0 saturated heterocycles. The highest BCUT2D eigenvalue weighted by Gasteiger charge is 2.15. The minimum absolute atomic E-state index is 0.221. The van der Waals surface area contributed by atoms with E-state index in [1.54, 1.807) is 0 Å². The molecule has 2 heterocycles. The Morgan fingerprint density at radius 1 is 1.16 bits per heavy atom. The summed E-state index contributed by atoms with van der Waals surface area (Å²) in [4.78, 5) is 4.66. The van der Waals surface area contributed by atoms with E-state index < -0.39 is 0 Å². The van der Waals surface area contributed by atoms with E-state index in [1.165, 1.54) is 0 Å². The maximum atomic E-state index is 6.14. The number of fused-ring (bicyclic) bond motifs is 1. The second kappa shape index (κ2) is 7.66. The smallest absolute Gasteiger partial charge is 0.183 e. The highest BCUT2D eigenvalue weighted by atomic mass is 35.5. The molecule has 0 atom stereocenters. The number of aromatic nitrogens is 2. The number of rotatable bonds is 6. The van der Waals surface area contributed by atoms with Crippen molar-refractivity contribution in [3.63, 3.8) is 0 Å². The van der Waals surface area contributed by atoms with Gasteiger partial charge in [-0.25, -0.2) is 4.98 Å². The second-order valence-electron chi connectivity index (χ2n) is 6.07. The van der Waals surface area contributed by atoms with Crippen LogP contribution in [-0.2, 0) is 0 Å². The summed E-state index contributed by atoms with van der Waals surface area (Å²) in [6.07, 6.45) is 2.75.